The quantitative estimate of drug-likeness (QED) is 0.496. The number of aliphatic hydroxyl groups is 1. The van der Waals surface area contributed by atoms with E-state index in [1.54, 1.807) is 0 Å². The molecule has 0 saturated heterocycles. The Morgan fingerprint density at radius 3 is 2.65 bits per heavy atom. The summed E-state index contributed by atoms with van der Waals surface area (Å²) in [6.07, 6.45) is -3.89. The summed E-state index contributed by atoms with van der Waals surface area (Å²) in [4.78, 5) is 22.2. The number of nitrogens with two attached hydrogens (primary N) is 1. The molecule has 0 aliphatic carbocycles. The highest BCUT2D eigenvalue weighted by Gasteiger charge is 2.35. The first-order valence-electron chi connectivity index (χ1n) is 10.8. The Labute approximate surface area is 194 Å². The molecule has 1 aromatic carbocycles. The van der Waals surface area contributed by atoms with Crippen LogP contribution in [0, 0.1) is 5.82 Å². The molecule has 0 saturated carbocycles. The van der Waals surface area contributed by atoms with Crippen LogP contribution in [0.15, 0.2) is 18.2 Å². The molecular formula is C22H27F4N5O3. The van der Waals surface area contributed by atoms with Gasteiger partial charge in [-0.25, -0.2) is 19.2 Å². The Hall–Kier alpha value is -2.99. The molecule has 2 amide bonds. The van der Waals surface area contributed by atoms with Crippen molar-refractivity contribution in [1.29, 1.82) is 0 Å². The minimum absolute atomic E-state index is 0.0183. The summed E-state index contributed by atoms with van der Waals surface area (Å²) in [7, 11) is 1.42. The number of primary amides is 1. The molecule has 2 atom stereocenters. The van der Waals surface area contributed by atoms with E-state index in [9.17, 15) is 27.5 Å². The van der Waals surface area contributed by atoms with Gasteiger partial charge in [0.05, 0.1) is 48.7 Å². The minimum Gasteiger partial charge on any atom is -0.394 e. The van der Waals surface area contributed by atoms with Gasteiger partial charge in [-0.05, 0) is 36.1 Å². The maximum absolute atomic E-state index is 14.4. The summed E-state index contributed by atoms with van der Waals surface area (Å²) in [5.41, 5.74) is 5.99. The number of nitrogens with one attached hydrogen (secondary N) is 1. The van der Waals surface area contributed by atoms with Gasteiger partial charge in [0.25, 0.3) is 0 Å². The molecule has 12 heteroatoms. The lowest BCUT2D eigenvalue weighted by atomic mass is 9.89. The number of aliphatic hydroxyl groups excluding tert-OH is 1. The number of nitrogens with zero attached hydrogens (tertiary/aromatic N) is 3. The van der Waals surface area contributed by atoms with Gasteiger partial charge in [-0.3, -0.25) is 0 Å². The number of fused-ring (bicyclic) bond motifs is 1. The Bertz CT molecular complexity index is 1030. The summed E-state index contributed by atoms with van der Waals surface area (Å²) in [5, 5.41) is 12.6. The van der Waals surface area contributed by atoms with Crippen molar-refractivity contribution in [2.45, 2.75) is 44.4 Å². The molecule has 4 N–H and O–H groups in total. The Morgan fingerprint density at radius 1 is 1.35 bits per heavy atom. The van der Waals surface area contributed by atoms with Crippen LogP contribution >= 0.6 is 0 Å². The number of urea groups is 1. The molecule has 8 nitrogen and oxygen atoms in total. The van der Waals surface area contributed by atoms with Gasteiger partial charge in [0.1, 0.15) is 5.82 Å². The smallest absolute Gasteiger partial charge is 0.394 e. The van der Waals surface area contributed by atoms with Crippen molar-refractivity contribution < 1.29 is 32.2 Å². The molecule has 3 rings (SSSR count). The first kappa shape index (κ1) is 25.6. The van der Waals surface area contributed by atoms with Gasteiger partial charge < -0.3 is 25.8 Å². The number of benzene rings is 1. The Balaban J connectivity index is 2.12. The van der Waals surface area contributed by atoms with E-state index in [0.29, 0.717) is 42.4 Å². The number of carbonyl (C=O) groups excluding carboxylic acids is 1. The minimum atomic E-state index is -4.82. The molecular weight excluding hydrogens is 458 g/mol. The number of carbonyl (C=O) groups is 1. The maximum Gasteiger partial charge on any atom is 0.419 e. The van der Waals surface area contributed by atoms with Crippen molar-refractivity contribution in [3.8, 4) is 0 Å². The molecule has 0 bridgehead atoms. The summed E-state index contributed by atoms with van der Waals surface area (Å²) < 4.78 is 58.9. The molecule has 0 unspecified atom stereocenters. The van der Waals surface area contributed by atoms with E-state index < -0.39 is 29.5 Å². The first-order chi connectivity index (χ1) is 16.1. The van der Waals surface area contributed by atoms with Crippen LogP contribution in [0.4, 0.5) is 28.3 Å². The van der Waals surface area contributed by atoms with E-state index in [1.807, 2.05) is 6.92 Å². The number of methoxy groups -OCH3 is 1. The highest BCUT2D eigenvalue weighted by atomic mass is 19.4. The average Bonchev–Trinajstić information content (AvgIpc) is 2.79. The summed E-state index contributed by atoms with van der Waals surface area (Å²) in [6.45, 7) is 2.13. The van der Waals surface area contributed by atoms with Crippen LogP contribution in [0.3, 0.4) is 0 Å². The predicted molar refractivity (Wildman–Crippen MR) is 116 cm³/mol. The summed E-state index contributed by atoms with van der Waals surface area (Å²) in [6, 6.07) is 1.80. The second-order valence-electron chi connectivity index (χ2n) is 8.04. The SMILES string of the molecule is CC[C@@H](CO)Nc1nc2c(c([C@@H](COC)c3ccc(C(F)(F)F)c(F)c3)n1)CCN(C(N)=O)C2. The second kappa shape index (κ2) is 10.5. The van der Waals surface area contributed by atoms with E-state index in [0.717, 1.165) is 6.07 Å². The number of hydrogen-bond donors (Lipinski definition) is 3. The van der Waals surface area contributed by atoms with Crippen molar-refractivity contribution in [1.82, 2.24) is 14.9 Å². The van der Waals surface area contributed by atoms with Crippen molar-refractivity contribution >= 4 is 12.0 Å². The van der Waals surface area contributed by atoms with Crippen LogP contribution in [0.25, 0.3) is 0 Å². The third kappa shape index (κ3) is 5.55. The van der Waals surface area contributed by atoms with Gasteiger partial charge in [-0.1, -0.05) is 13.0 Å². The van der Waals surface area contributed by atoms with E-state index >= 15 is 0 Å². The molecule has 0 radical (unpaired) electrons. The van der Waals surface area contributed by atoms with Crippen LogP contribution in [-0.4, -0.2) is 58.9 Å². The zero-order chi connectivity index (χ0) is 25.0. The fourth-order valence-corrected chi connectivity index (χ4v) is 3.94. The number of hydrogen-bond acceptors (Lipinski definition) is 6. The Kier molecular flexibility index (Phi) is 7.93. The molecule has 186 valence electrons. The topological polar surface area (TPSA) is 114 Å². The van der Waals surface area contributed by atoms with Gasteiger partial charge in [-0.15, -0.1) is 0 Å². The molecule has 2 heterocycles. The molecule has 1 aliphatic heterocycles. The largest absolute Gasteiger partial charge is 0.419 e. The average molecular weight is 485 g/mol. The summed E-state index contributed by atoms with van der Waals surface area (Å²) in [5.74, 6) is -1.92. The fourth-order valence-electron chi connectivity index (χ4n) is 3.94. The highest BCUT2D eigenvalue weighted by molar-refractivity contribution is 5.72. The number of ether oxygens (including phenoxy) is 1. The lowest BCUT2D eigenvalue weighted by Crippen LogP contribution is -2.40. The first-order valence-corrected chi connectivity index (χ1v) is 10.8. The van der Waals surface area contributed by atoms with E-state index in [1.165, 1.54) is 18.1 Å². The number of anilines is 1. The number of aromatic nitrogens is 2. The molecule has 0 spiro atoms. The van der Waals surface area contributed by atoms with Gasteiger partial charge in [-0.2, -0.15) is 13.2 Å². The molecule has 1 aromatic heterocycles. The van der Waals surface area contributed by atoms with Crippen LogP contribution in [0.2, 0.25) is 0 Å². The van der Waals surface area contributed by atoms with E-state index in [4.69, 9.17) is 10.5 Å². The third-order valence-electron chi connectivity index (χ3n) is 5.82. The predicted octanol–water partition coefficient (Wildman–Crippen LogP) is 3.03. The molecule has 34 heavy (non-hydrogen) atoms. The number of halogens is 4. The third-order valence-corrected chi connectivity index (χ3v) is 5.82. The van der Waals surface area contributed by atoms with Crippen LogP contribution in [0.1, 0.15) is 47.3 Å². The number of amides is 2. The van der Waals surface area contributed by atoms with Gasteiger partial charge >= 0.3 is 12.2 Å². The second-order valence-corrected chi connectivity index (χ2v) is 8.04. The van der Waals surface area contributed by atoms with E-state index in [-0.39, 0.29) is 37.3 Å². The highest BCUT2D eigenvalue weighted by Crippen LogP contribution is 2.36. The van der Waals surface area contributed by atoms with Crippen molar-refractivity contribution in [3.05, 3.63) is 52.1 Å². The zero-order valence-corrected chi connectivity index (χ0v) is 18.8. The van der Waals surface area contributed by atoms with Crippen molar-refractivity contribution in [2.75, 3.05) is 32.2 Å². The lowest BCUT2D eigenvalue weighted by Gasteiger charge is -2.30. The van der Waals surface area contributed by atoms with Crippen LogP contribution in [0.5, 0.6) is 0 Å². The summed E-state index contributed by atoms with van der Waals surface area (Å²) >= 11 is 0. The lowest BCUT2D eigenvalue weighted by molar-refractivity contribution is -0.140. The molecule has 1 aliphatic rings. The van der Waals surface area contributed by atoms with Gasteiger partial charge in [0.2, 0.25) is 5.95 Å². The number of alkyl halides is 3. The van der Waals surface area contributed by atoms with Gasteiger partial charge in [0, 0.05) is 13.7 Å². The zero-order valence-electron chi connectivity index (χ0n) is 18.8. The standard InChI is InChI=1S/C22H27F4N5O3/c1-3-13(10-32)28-21-29-18-9-31(20(27)33)7-6-14(18)19(30-21)15(11-34-2)12-4-5-16(17(23)8-12)22(24,25)26/h4-5,8,13,15,32H,3,6-7,9-11H2,1-2H3,(H2,27,33)(H,28,29,30)/t13-,15-/m0/s1. The number of rotatable bonds is 8. The normalized spacial score (nSPS) is 15.6. The monoisotopic (exact) mass is 485 g/mol. The molecule has 0 fully saturated rings. The maximum atomic E-state index is 14.4. The molecule has 2 aromatic rings. The fraction of sp³-hybridized carbons (Fsp3) is 0.500. The Morgan fingerprint density at radius 2 is 2.09 bits per heavy atom. The van der Waals surface area contributed by atoms with Crippen molar-refractivity contribution in [2.24, 2.45) is 5.73 Å². The van der Waals surface area contributed by atoms with Crippen LogP contribution in [-0.2, 0) is 23.9 Å². The van der Waals surface area contributed by atoms with E-state index in [2.05, 4.69) is 15.3 Å². The van der Waals surface area contributed by atoms with Gasteiger partial charge in [0.15, 0.2) is 0 Å². The van der Waals surface area contributed by atoms with Crippen LogP contribution < -0.4 is 11.1 Å². The van der Waals surface area contributed by atoms with Crippen molar-refractivity contribution in [3.63, 3.8) is 0 Å².